The maximum atomic E-state index is 12.9. The van der Waals surface area contributed by atoms with Crippen LogP contribution in [0.3, 0.4) is 0 Å². The summed E-state index contributed by atoms with van der Waals surface area (Å²) in [5.41, 5.74) is 0.188. The van der Waals surface area contributed by atoms with Crippen LogP contribution >= 0.6 is 0 Å². The highest BCUT2D eigenvalue weighted by Gasteiger charge is 2.24. The van der Waals surface area contributed by atoms with Gasteiger partial charge in [-0.25, -0.2) is 18.4 Å². The van der Waals surface area contributed by atoms with E-state index >= 15 is 0 Å². The summed E-state index contributed by atoms with van der Waals surface area (Å²) in [4.78, 5) is 28.1. The molecular weight excluding hydrogens is 450 g/mol. The Kier molecular flexibility index (Phi) is 5.34. The molecular formula is C21H13N5O6S. The molecule has 4 aromatic rings. The fourth-order valence-corrected chi connectivity index (χ4v) is 3.96. The number of nitrogens with zero attached hydrogens (tertiary/aromatic N) is 3. The van der Waals surface area contributed by atoms with Crippen molar-refractivity contribution in [1.29, 1.82) is 5.26 Å². The third kappa shape index (κ3) is 4.13. The molecule has 1 amide bonds. The summed E-state index contributed by atoms with van der Waals surface area (Å²) in [7, 11) is -4.22. The highest BCUT2D eigenvalue weighted by molar-refractivity contribution is 7.89. The monoisotopic (exact) mass is 463 g/mol. The number of sulfonamides is 1. The van der Waals surface area contributed by atoms with E-state index in [2.05, 4.69) is 15.5 Å². The molecule has 0 aliphatic rings. The van der Waals surface area contributed by atoms with Crippen molar-refractivity contribution in [2.24, 2.45) is 5.14 Å². The second kappa shape index (κ2) is 8.15. The predicted octanol–water partition coefficient (Wildman–Crippen LogP) is 2.36. The second-order valence-electron chi connectivity index (χ2n) is 6.79. The number of nitrogens with one attached hydrogen (secondary N) is 1. The minimum Gasteiger partial charge on any atom is -0.478 e. The summed E-state index contributed by atoms with van der Waals surface area (Å²) in [6.45, 7) is 0. The van der Waals surface area contributed by atoms with Crippen molar-refractivity contribution in [3.05, 3.63) is 71.7 Å². The molecule has 0 aliphatic heterocycles. The van der Waals surface area contributed by atoms with Gasteiger partial charge in [0, 0.05) is 23.5 Å². The molecule has 33 heavy (non-hydrogen) atoms. The average molecular weight is 463 g/mol. The van der Waals surface area contributed by atoms with E-state index in [-0.39, 0.29) is 43.9 Å². The number of carbonyl (C=O) groups excluding carboxylic acids is 1. The van der Waals surface area contributed by atoms with Gasteiger partial charge in [-0.1, -0.05) is 11.2 Å². The zero-order chi connectivity index (χ0) is 23.8. The number of aromatic nitrogens is 2. The van der Waals surface area contributed by atoms with Crippen LogP contribution in [-0.2, 0) is 10.0 Å². The third-order valence-electron chi connectivity index (χ3n) is 4.69. The summed E-state index contributed by atoms with van der Waals surface area (Å²) >= 11 is 0. The molecule has 164 valence electrons. The summed E-state index contributed by atoms with van der Waals surface area (Å²) in [5, 5.41) is 29.9. The van der Waals surface area contributed by atoms with Crippen molar-refractivity contribution in [3.8, 4) is 17.2 Å². The number of benzene rings is 2. The van der Waals surface area contributed by atoms with Crippen LogP contribution < -0.4 is 10.5 Å². The molecule has 0 unspecified atom stereocenters. The van der Waals surface area contributed by atoms with Crippen LogP contribution in [0.2, 0.25) is 0 Å². The zero-order valence-corrected chi connectivity index (χ0v) is 17.3. The Labute approximate surface area is 186 Å². The zero-order valence-electron chi connectivity index (χ0n) is 16.5. The van der Waals surface area contributed by atoms with Gasteiger partial charge in [-0.3, -0.25) is 9.78 Å². The number of primary sulfonamides is 1. The molecule has 0 atom stereocenters. The molecule has 2 aromatic carbocycles. The molecule has 2 heterocycles. The second-order valence-corrected chi connectivity index (χ2v) is 8.32. The van der Waals surface area contributed by atoms with Gasteiger partial charge in [0.1, 0.15) is 0 Å². The largest absolute Gasteiger partial charge is 0.478 e. The van der Waals surface area contributed by atoms with Gasteiger partial charge in [0.25, 0.3) is 5.91 Å². The van der Waals surface area contributed by atoms with Gasteiger partial charge < -0.3 is 14.9 Å². The van der Waals surface area contributed by atoms with Gasteiger partial charge in [-0.05, 0) is 36.4 Å². The molecule has 0 spiro atoms. The van der Waals surface area contributed by atoms with Gasteiger partial charge >= 0.3 is 5.97 Å². The molecule has 0 saturated heterocycles. The molecule has 0 bridgehead atoms. The van der Waals surface area contributed by atoms with Crippen molar-refractivity contribution >= 4 is 38.6 Å². The molecule has 12 heteroatoms. The molecule has 2 aromatic heterocycles. The Morgan fingerprint density at radius 3 is 2.61 bits per heavy atom. The molecule has 0 fully saturated rings. The summed E-state index contributed by atoms with van der Waals surface area (Å²) in [6, 6.07) is 11.3. The minimum absolute atomic E-state index is 0.0506. The first-order chi connectivity index (χ1) is 15.7. The first-order valence-electron chi connectivity index (χ1n) is 9.14. The maximum Gasteiger partial charge on any atom is 0.337 e. The standard InChI is InChI=1S/C21H13N5O6S/c22-9-11-3-4-16(14(6-11)21(28)29)25-20(27)19-15-8-18(33(23,30)31)13(7-17(15)32-26-19)12-2-1-5-24-10-12/h1-8,10H,(H,25,27)(H,28,29)(H2,23,30,31). The van der Waals surface area contributed by atoms with Crippen molar-refractivity contribution < 1.29 is 27.6 Å². The van der Waals surface area contributed by atoms with Crippen LogP contribution in [0.15, 0.2) is 64.3 Å². The van der Waals surface area contributed by atoms with Crippen LogP contribution in [0.1, 0.15) is 26.4 Å². The summed E-state index contributed by atoms with van der Waals surface area (Å²) in [5.74, 6) is -2.21. The Bertz CT molecular complexity index is 1570. The first-order valence-corrected chi connectivity index (χ1v) is 10.7. The summed E-state index contributed by atoms with van der Waals surface area (Å²) in [6.07, 6.45) is 2.96. The van der Waals surface area contributed by atoms with E-state index in [9.17, 15) is 23.1 Å². The molecule has 0 saturated carbocycles. The fourth-order valence-electron chi connectivity index (χ4n) is 3.19. The van der Waals surface area contributed by atoms with E-state index in [0.717, 1.165) is 12.1 Å². The Hall–Kier alpha value is -4.60. The van der Waals surface area contributed by atoms with Crippen LogP contribution in [0.5, 0.6) is 0 Å². The Balaban J connectivity index is 1.81. The lowest BCUT2D eigenvalue weighted by atomic mass is 10.0. The van der Waals surface area contributed by atoms with Gasteiger partial charge in [-0.2, -0.15) is 5.26 Å². The number of nitriles is 1. The number of amides is 1. The number of rotatable bonds is 5. The van der Waals surface area contributed by atoms with Crippen molar-refractivity contribution in [2.45, 2.75) is 4.90 Å². The van der Waals surface area contributed by atoms with Gasteiger partial charge in [0.05, 0.1) is 33.2 Å². The molecule has 4 N–H and O–H groups in total. The minimum atomic E-state index is -4.22. The number of carboxylic acids is 1. The lowest BCUT2D eigenvalue weighted by Gasteiger charge is -2.09. The number of aromatic carboxylic acids is 1. The number of hydrogen-bond donors (Lipinski definition) is 3. The van der Waals surface area contributed by atoms with Crippen LogP contribution in [0.25, 0.3) is 22.1 Å². The Morgan fingerprint density at radius 2 is 1.97 bits per heavy atom. The normalized spacial score (nSPS) is 11.2. The quantitative estimate of drug-likeness (QED) is 0.399. The lowest BCUT2D eigenvalue weighted by molar-refractivity contribution is 0.0698. The van der Waals surface area contributed by atoms with Crippen LogP contribution in [0.4, 0.5) is 5.69 Å². The molecule has 4 rings (SSSR count). The number of hydrogen-bond acceptors (Lipinski definition) is 8. The average Bonchev–Trinajstić information content (AvgIpc) is 3.21. The van der Waals surface area contributed by atoms with E-state index in [1.54, 1.807) is 12.1 Å². The van der Waals surface area contributed by atoms with E-state index in [0.29, 0.717) is 5.56 Å². The number of fused-ring (bicyclic) bond motifs is 1. The van der Waals surface area contributed by atoms with E-state index < -0.39 is 21.9 Å². The highest BCUT2D eigenvalue weighted by Crippen LogP contribution is 2.32. The van der Waals surface area contributed by atoms with Crippen LogP contribution in [0, 0.1) is 11.3 Å². The number of anilines is 1. The van der Waals surface area contributed by atoms with Crippen LogP contribution in [-0.4, -0.2) is 35.5 Å². The van der Waals surface area contributed by atoms with Crippen molar-refractivity contribution in [2.75, 3.05) is 5.32 Å². The van der Waals surface area contributed by atoms with E-state index in [4.69, 9.17) is 14.9 Å². The number of carbonyl (C=O) groups is 2. The first kappa shape index (κ1) is 21.6. The number of nitrogens with two attached hydrogens (primary N) is 1. The van der Waals surface area contributed by atoms with Gasteiger partial charge in [0.2, 0.25) is 10.0 Å². The Morgan fingerprint density at radius 1 is 1.18 bits per heavy atom. The van der Waals surface area contributed by atoms with Gasteiger partial charge in [0.15, 0.2) is 11.3 Å². The van der Waals surface area contributed by atoms with E-state index in [1.807, 2.05) is 6.07 Å². The highest BCUT2D eigenvalue weighted by atomic mass is 32.2. The smallest absolute Gasteiger partial charge is 0.337 e. The summed E-state index contributed by atoms with van der Waals surface area (Å²) < 4.78 is 29.7. The molecule has 0 aliphatic carbocycles. The predicted molar refractivity (Wildman–Crippen MR) is 115 cm³/mol. The maximum absolute atomic E-state index is 12.9. The number of carboxylic acid groups (broad SMARTS) is 1. The SMILES string of the molecule is N#Cc1ccc(NC(=O)c2noc3cc(-c4cccnc4)c(S(N)(=O)=O)cc23)c(C(=O)O)c1. The molecule has 11 nitrogen and oxygen atoms in total. The lowest BCUT2D eigenvalue weighted by Crippen LogP contribution is -2.16. The van der Waals surface area contributed by atoms with Gasteiger partial charge in [-0.15, -0.1) is 0 Å². The fraction of sp³-hybridized carbons (Fsp3) is 0. The van der Waals surface area contributed by atoms with E-state index in [1.165, 1.54) is 30.6 Å². The van der Waals surface area contributed by atoms with Crippen molar-refractivity contribution in [3.63, 3.8) is 0 Å². The number of pyridine rings is 1. The van der Waals surface area contributed by atoms with Crippen molar-refractivity contribution in [1.82, 2.24) is 10.1 Å². The molecule has 0 radical (unpaired) electrons. The topological polar surface area (TPSA) is 189 Å². The third-order valence-corrected chi connectivity index (χ3v) is 5.64.